The Kier molecular flexibility index (Phi) is 10.8. The summed E-state index contributed by atoms with van der Waals surface area (Å²) in [5.41, 5.74) is 12.5. The van der Waals surface area contributed by atoms with Gasteiger partial charge in [0.1, 0.15) is 14.1 Å². The van der Waals surface area contributed by atoms with E-state index in [2.05, 4.69) is 147 Å². The van der Waals surface area contributed by atoms with Gasteiger partial charge in [-0.15, -0.1) is 0 Å². The molecule has 0 heterocycles. The molecule has 0 amide bonds. The van der Waals surface area contributed by atoms with Crippen molar-refractivity contribution in [3.63, 3.8) is 0 Å². The minimum Gasteiger partial charge on any atom is -0.367 e. The molecule has 0 saturated heterocycles. The Hall–Kier alpha value is -4.72. The summed E-state index contributed by atoms with van der Waals surface area (Å²) in [6, 6.07) is 30.5. The Bertz CT molecular complexity index is 2000. The number of nitrogens with zero attached hydrogens (tertiary/aromatic N) is 3. The van der Waals surface area contributed by atoms with Crippen molar-refractivity contribution in [2.24, 2.45) is 0 Å². The van der Waals surface area contributed by atoms with Crippen molar-refractivity contribution in [2.45, 2.75) is 45.7 Å². The highest BCUT2D eigenvalue weighted by Crippen LogP contribution is 2.36. The molecule has 4 aromatic carbocycles. The first-order valence-electron chi connectivity index (χ1n) is 16.5. The van der Waals surface area contributed by atoms with Gasteiger partial charge in [-0.3, -0.25) is 4.55 Å². The summed E-state index contributed by atoms with van der Waals surface area (Å²) >= 11 is 0. The number of benzene rings is 4. The molecule has 5 rings (SSSR count). The maximum Gasteiger partial charge on any atom is 0.294 e. The summed E-state index contributed by atoms with van der Waals surface area (Å²) in [5, 5.41) is 0. The fraction of sp³-hybridized carbons (Fsp3) is 0.244. The summed E-state index contributed by atoms with van der Waals surface area (Å²) in [5.74, 6) is 0. The normalized spacial score (nSPS) is 12.7. The molecule has 6 nitrogen and oxygen atoms in total. The van der Waals surface area contributed by atoms with Crippen molar-refractivity contribution in [2.75, 3.05) is 37.0 Å². The van der Waals surface area contributed by atoms with Gasteiger partial charge >= 0.3 is 0 Å². The predicted octanol–water partition coefficient (Wildman–Crippen LogP) is 8.24. The lowest BCUT2D eigenvalue weighted by molar-refractivity contribution is -0.462. The van der Waals surface area contributed by atoms with E-state index in [4.69, 9.17) is 0 Å². The zero-order valence-electron chi connectivity index (χ0n) is 28.8. The summed E-state index contributed by atoms with van der Waals surface area (Å²) in [6.45, 7) is 11.6. The van der Waals surface area contributed by atoms with Crippen LogP contribution in [0.4, 0.5) is 11.4 Å². The average molecular weight is 661 g/mol. The topological polar surface area (TPSA) is 63.9 Å². The van der Waals surface area contributed by atoms with Crippen molar-refractivity contribution >= 4 is 32.8 Å². The van der Waals surface area contributed by atoms with Crippen molar-refractivity contribution in [3.05, 3.63) is 154 Å². The first-order chi connectivity index (χ1) is 23.0. The molecule has 4 aromatic rings. The molecule has 0 atom stereocenters. The van der Waals surface area contributed by atoms with Crippen LogP contribution in [0.2, 0.25) is 0 Å². The highest BCUT2D eigenvalue weighted by atomic mass is 32.2. The lowest BCUT2D eigenvalue weighted by atomic mass is 9.86. The molecule has 0 fully saturated rings. The van der Waals surface area contributed by atoms with Crippen LogP contribution in [-0.2, 0) is 23.2 Å². The molecular weight excluding hydrogens is 615 g/mol. The Labute approximate surface area is 286 Å². The van der Waals surface area contributed by atoms with Gasteiger partial charge < -0.3 is 9.80 Å². The highest BCUT2D eigenvalue weighted by Gasteiger charge is 2.19. The Morgan fingerprint density at radius 3 is 1.67 bits per heavy atom. The third-order valence-corrected chi connectivity index (χ3v) is 9.76. The van der Waals surface area contributed by atoms with Gasteiger partial charge in [-0.25, -0.2) is 4.58 Å². The average Bonchev–Trinajstić information content (AvgIpc) is 3.08. The molecule has 48 heavy (non-hydrogen) atoms. The van der Waals surface area contributed by atoms with Gasteiger partial charge in [0.15, 0.2) is 5.71 Å². The lowest BCUT2D eigenvalue weighted by Gasteiger charge is -2.26. The van der Waals surface area contributed by atoms with Gasteiger partial charge in [-0.05, 0) is 121 Å². The molecule has 7 heteroatoms. The van der Waals surface area contributed by atoms with E-state index in [0.29, 0.717) is 6.54 Å². The Morgan fingerprint density at radius 1 is 0.667 bits per heavy atom. The van der Waals surface area contributed by atoms with Gasteiger partial charge in [0.2, 0.25) is 0 Å². The van der Waals surface area contributed by atoms with E-state index < -0.39 is 10.1 Å². The molecule has 0 saturated carbocycles. The number of anilines is 2. The van der Waals surface area contributed by atoms with Gasteiger partial charge in [0, 0.05) is 49.7 Å². The minimum atomic E-state index is -4.27. The quantitative estimate of drug-likeness (QED) is 0.130. The third-order valence-electron chi connectivity index (χ3n) is 8.91. The highest BCUT2D eigenvalue weighted by molar-refractivity contribution is 7.85. The van der Waals surface area contributed by atoms with Gasteiger partial charge in [0.25, 0.3) is 10.1 Å². The molecule has 0 radical (unpaired) electrons. The molecule has 1 N–H and O–H groups in total. The summed E-state index contributed by atoms with van der Waals surface area (Å²) in [7, 11) is -0.160. The fourth-order valence-electron chi connectivity index (χ4n) is 6.23. The van der Waals surface area contributed by atoms with E-state index in [-0.39, 0.29) is 4.90 Å². The predicted molar refractivity (Wildman–Crippen MR) is 200 cm³/mol. The SMILES string of the molecule is CCN(Cc1ccccc1)c1ccc(C(=C2C=CC(=[N+](C)C)C=C2)c2ccc(N(CC)Cc3cccc(S(=O)(=O)O)c3)cc2C)c(C)c1. The molecule has 248 valence electrons. The number of aryl methyl sites for hydroxylation is 2. The first kappa shape index (κ1) is 34.6. The molecule has 0 aromatic heterocycles. The van der Waals surface area contributed by atoms with E-state index in [9.17, 15) is 13.0 Å². The molecular formula is C41H46N3O3S+. The fourth-order valence-corrected chi connectivity index (χ4v) is 6.78. The first-order valence-corrected chi connectivity index (χ1v) is 17.9. The van der Waals surface area contributed by atoms with Crippen LogP contribution < -0.4 is 9.80 Å². The second-order valence-corrected chi connectivity index (χ2v) is 13.9. The molecule has 0 aliphatic heterocycles. The van der Waals surface area contributed by atoms with Crippen molar-refractivity contribution in [3.8, 4) is 0 Å². The number of rotatable bonds is 11. The van der Waals surface area contributed by atoms with E-state index in [1.54, 1.807) is 6.07 Å². The monoisotopic (exact) mass is 660 g/mol. The van der Waals surface area contributed by atoms with Gasteiger partial charge in [-0.2, -0.15) is 8.42 Å². The lowest BCUT2D eigenvalue weighted by Crippen LogP contribution is -2.22. The van der Waals surface area contributed by atoms with Crippen LogP contribution in [0.15, 0.2) is 126 Å². The Balaban J connectivity index is 1.54. The third kappa shape index (κ3) is 8.04. The maximum atomic E-state index is 11.7. The summed E-state index contributed by atoms with van der Waals surface area (Å²) in [4.78, 5) is 4.52. The molecule has 0 bridgehead atoms. The standard InChI is InChI=1S/C41H45N3O3S/c1-7-43(28-32-13-10-9-11-14-32)36-21-23-39(30(3)25-36)41(34-17-19-35(20-18-34)42(5)6)40-24-22-37(26-31(40)4)44(8-2)29-33-15-12-16-38(27-33)48(45,46)47/h9-27H,7-8,28-29H2,1-6H3/p+1. The van der Waals surface area contributed by atoms with Crippen LogP contribution in [0.3, 0.4) is 0 Å². The summed E-state index contributed by atoms with van der Waals surface area (Å²) in [6.07, 6.45) is 8.75. The molecule has 0 spiro atoms. The number of allylic oxidation sites excluding steroid dienone is 5. The van der Waals surface area contributed by atoms with E-state index in [1.165, 1.54) is 40.1 Å². The van der Waals surface area contributed by atoms with Crippen molar-refractivity contribution < 1.29 is 17.5 Å². The zero-order valence-corrected chi connectivity index (χ0v) is 29.6. The van der Waals surface area contributed by atoms with E-state index in [0.717, 1.165) is 53.3 Å². The Morgan fingerprint density at radius 2 is 1.19 bits per heavy atom. The van der Waals surface area contributed by atoms with Gasteiger partial charge in [-0.1, -0.05) is 54.6 Å². The van der Waals surface area contributed by atoms with Crippen LogP contribution in [0, 0.1) is 13.8 Å². The van der Waals surface area contributed by atoms with Crippen LogP contribution in [0.25, 0.3) is 5.57 Å². The molecule has 0 unspecified atom stereocenters. The van der Waals surface area contributed by atoms with Crippen LogP contribution in [0.5, 0.6) is 0 Å². The smallest absolute Gasteiger partial charge is 0.294 e. The minimum absolute atomic E-state index is 0.0920. The van der Waals surface area contributed by atoms with Crippen LogP contribution in [0.1, 0.15) is 47.2 Å². The second-order valence-electron chi connectivity index (χ2n) is 12.5. The number of hydrogen-bond donors (Lipinski definition) is 1. The zero-order chi connectivity index (χ0) is 34.4. The largest absolute Gasteiger partial charge is 0.367 e. The van der Waals surface area contributed by atoms with Gasteiger partial charge in [0.05, 0.1) is 4.90 Å². The molecule has 1 aliphatic carbocycles. The summed E-state index contributed by atoms with van der Waals surface area (Å²) < 4.78 is 35.2. The van der Waals surface area contributed by atoms with E-state index in [1.807, 2.05) is 6.07 Å². The molecule has 1 aliphatic rings. The van der Waals surface area contributed by atoms with Crippen molar-refractivity contribution in [1.82, 2.24) is 0 Å². The van der Waals surface area contributed by atoms with Crippen LogP contribution >= 0.6 is 0 Å². The second kappa shape index (κ2) is 15.0. The van der Waals surface area contributed by atoms with E-state index >= 15 is 0 Å². The maximum absolute atomic E-state index is 11.7. The number of hydrogen-bond acceptors (Lipinski definition) is 4. The van der Waals surface area contributed by atoms with Crippen LogP contribution in [-0.4, -0.2) is 50.4 Å². The van der Waals surface area contributed by atoms with Crippen molar-refractivity contribution in [1.29, 1.82) is 0 Å².